The lowest BCUT2D eigenvalue weighted by atomic mass is 10.2. The van der Waals surface area contributed by atoms with E-state index in [9.17, 15) is 0 Å². The van der Waals surface area contributed by atoms with E-state index < -0.39 is 0 Å². The van der Waals surface area contributed by atoms with Crippen LogP contribution in [-0.4, -0.2) is 16.5 Å². The molecule has 0 saturated heterocycles. The maximum Gasteiger partial charge on any atom is 0.137 e. The molecule has 20 heavy (non-hydrogen) atoms. The summed E-state index contributed by atoms with van der Waals surface area (Å²) in [5.41, 5.74) is 4.17. The molecule has 0 fully saturated rings. The molecule has 4 nitrogen and oxygen atoms in total. The van der Waals surface area contributed by atoms with Crippen molar-refractivity contribution in [2.24, 2.45) is 0 Å². The number of methoxy groups -OCH3 is 1. The lowest BCUT2D eigenvalue weighted by Gasteiger charge is -2.08. The molecule has 0 radical (unpaired) electrons. The van der Waals surface area contributed by atoms with Crippen LogP contribution in [0.5, 0.6) is 5.75 Å². The predicted molar refractivity (Wildman–Crippen MR) is 80.2 cm³/mol. The van der Waals surface area contributed by atoms with Crippen molar-refractivity contribution in [3.05, 3.63) is 60.0 Å². The number of hydrogen-bond acceptors (Lipinski definition) is 3. The second-order valence-electron chi connectivity index (χ2n) is 4.74. The monoisotopic (exact) mass is 267 g/mol. The molecule has 3 aromatic rings. The van der Waals surface area contributed by atoms with Crippen LogP contribution in [0.25, 0.3) is 5.65 Å². The fourth-order valence-electron chi connectivity index (χ4n) is 2.25. The molecular formula is C16H17N3O. The number of rotatable bonds is 4. The van der Waals surface area contributed by atoms with Gasteiger partial charge in [-0.2, -0.15) is 0 Å². The van der Waals surface area contributed by atoms with Gasteiger partial charge in [0.05, 0.1) is 19.3 Å². The van der Waals surface area contributed by atoms with Gasteiger partial charge >= 0.3 is 0 Å². The second-order valence-corrected chi connectivity index (χ2v) is 4.74. The molecule has 0 spiro atoms. The van der Waals surface area contributed by atoms with E-state index in [-0.39, 0.29) is 0 Å². The number of hydrogen-bond donors (Lipinski definition) is 1. The molecule has 3 rings (SSSR count). The molecule has 102 valence electrons. The topological polar surface area (TPSA) is 38.6 Å². The third-order valence-electron chi connectivity index (χ3n) is 3.28. The largest absolute Gasteiger partial charge is 0.496 e. The van der Waals surface area contributed by atoms with E-state index in [1.54, 1.807) is 7.11 Å². The van der Waals surface area contributed by atoms with Gasteiger partial charge in [-0.05, 0) is 42.8 Å². The van der Waals surface area contributed by atoms with Crippen molar-refractivity contribution < 1.29 is 4.74 Å². The summed E-state index contributed by atoms with van der Waals surface area (Å²) in [5, 5.41) is 3.38. The third-order valence-corrected chi connectivity index (χ3v) is 3.28. The zero-order valence-electron chi connectivity index (χ0n) is 11.6. The van der Waals surface area contributed by atoms with Crippen LogP contribution in [0.1, 0.15) is 11.3 Å². The van der Waals surface area contributed by atoms with Crippen LogP contribution in [0.3, 0.4) is 0 Å². The van der Waals surface area contributed by atoms with Gasteiger partial charge in [-0.15, -0.1) is 0 Å². The van der Waals surface area contributed by atoms with E-state index in [2.05, 4.69) is 16.4 Å². The van der Waals surface area contributed by atoms with E-state index in [1.165, 1.54) is 0 Å². The Bertz CT molecular complexity index is 700. The molecule has 0 aliphatic carbocycles. The lowest BCUT2D eigenvalue weighted by molar-refractivity contribution is 0.412. The van der Waals surface area contributed by atoms with Gasteiger partial charge in [0.15, 0.2) is 0 Å². The maximum absolute atomic E-state index is 5.26. The Morgan fingerprint density at radius 3 is 2.90 bits per heavy atom. The average Bonchev–Trinajstić information content (AvgIpc) is 2.88. The molecule has 0 bridgehead atoms. The number of nitrogens with one attached hydrogen (secondary N) is 1. The van der Waals surface area contributed by atoms with Crippen LogP contribution < -0.4 is 10.1 Å². The van der Waals surface area contributed by atoms with Gasteiger partial charge in [0, 0.05) is 18.1 Å². The average molecular weight is 267 g/mol. The Hall–Kier alpha value is -2.49. The van der Waals surface area contributed by atoms with E-state index in [0.29, 0.717) is 6.54 Å². The van der Waals surface area contributed by atoms with E-state index in [4.69, 9.17) is 4.74 Å². The fourth-order valence-corrected chi connectivity index (χ4v) is 2.25. The van der Waals surface area contributed by atoms with Crippen molar-refractivity contribution in [3.8, 4) is 5.75 Å². The summed E-state index contributed by atoms with van der Waals surface area (Å²) < 4.78 is 7.28. The first-order valence-electron chi connectivity index (χ1n) is 6.57. The minimum absolute atomic E-state index is 0.702. The zero-order chi connectivity index (χ0) is 13.9. The SMILES string of the molecule is COc1ccc(NCc2cn3ccccc3n2)cc1C. The summed E-state index contributed by atoms with van der Waals surface area (Å²) >= 11 is 0. The summed E-state index contributed by atoms with van der Waals surface area (Å²) in [6, 6.07) is 12.1. The van der Waals surface area contributed by atoms with Gasteiger partial charge in [0.2, 0.25) is 0 Å². The van der Waals surface area contributed by atoms with Gasteiger partial charge in [-0.1, -0.05) is 6.07 Å². The fraction of sp³-hybridized carbons (Fsp3) is 0.188. The molecule has 0 saturated carbocycles. The molecule has 0 aliphatic rings. The maximum atomic E-state index is 5.26. The van der Waals surface area contributed by atoms with Crippen LogP contribution in [0.4, 0.5) is 5.69 Å². The van der Waals surface area contributed by atoms with Crippen LogP contribution in [-0.2, 0) is 6.54 Å². The Labute approximate surface area is 118 Å². The first-order chi connectivity index (χ1) is 9.76. The van der Waals surface area contributed by atoms with E-state index in [0.717, 1.165) is 28.3 Å². The van der Waals surface area contributed by atoms with Crippen molar-refractivity contribution in [1.82, 2.24) is 9.38 Å². The zero-order valence-corrected chi connectivity index (χ0v) is 11.6. The quantitative estimate of drug-likeness (QED) is 0.788. The first-order valence-corrected chi connectivity index (χ1v) is 6.57. The number of aromatic nitrogens is 2. The highest BCUT2D eigenvalue weighted by Gasteiger charge is 2.02. The number of fused-ring (bicyclic) bond motifs is 1. The Kier molecular flexibility index (Phi) is 3.29. The molecule has 2 heterocycles. The van der Waals surface area contributed by atoms with Gasteiger partial charge in [0.25, 0.3) is 0 Å². The van der Waals surface area contributed by atoms with Crippen LogP contribution in [0.15, 0.2) is 48.8 Å². The number of nitrogens with zero attached hydrogens (tertiary/aromatic N) is 2. The van der Waals surface area contributed by atoms with Crippen molar-refractivity contribution >= 4 is 11.3 Å². The van der Waals surface area contributed by atoms with Crippen molar-refractivity contribution in [2.45, 2.75) is 13.5 Å². The Morgan fingerprint density at radius 2 is 2.15 bits per heavy atom. The first kappa shape index (κ1) is 12.5. The highest BCUT2D eigenvalue weighted by Crippen LogP contribution is 2.21. The van der Waals surface area contributed by atoms with E-state index >= 15 is 0 Å². The molecule has 0 amide bonds. The molecule has 4 heteroatoms. The number of anilines is 1. The lowest BCUT2D eigenvalue weighted by Crippen LogP contribution is -2.00. The Morgan fingerprint density at radius 1 is 1.25 bits per heavy atom. The van der Waals surface area contributed by atoms with Crippen LogP contribution in [0, 0.1) is 6.92 Å². The van der Waals surface area contributed by atoms with Gasteiger partial charge in [0.1, 0.15) is 11.4 Å². The van der Waals surface area contributed by atoms with Crippen LogP contribution in [0.2, 0.25) is 0 Å². The van der Waals surface area contributed by atoms with Gasteiger partial charge < -0.3 is 14.5 Å². The standard InChI is InChI=1S/C16H17N3O/c1-12-9-13(6-7-15(12)20-2)17-10-14-11-19-8-4-3-5-16(19)18-14/h3-9,11,17H,10H2,1-2H3. The van der Waals surface area contributed by atoms with Crippen LogP contribution >= 0.6 is 0 Å². The molecule has 1 N–H and O–H groups in total. The molecule has 2 aromatic heterocycles. The molecule has 1 aromatic carbocycles. The number of imidazole rings is 1. The molecular weight excluding hydrogens is 250 g/mol. The smallest absolute Gasteiger partial charge is 0.137 e. The number of benzene rings is 1. The van der Waals surface area contributed by atoms with Gasteiger partial charge in [-0.25, -0.2) is 4.98 Å². The summed E-state index contributed by atoms with van der Waals surface area (Å²) in [5.74, 6) is 0.906. The summed E-state index contributed by atoms with van der Waals surface area (Å²) in [7, 11) is 1.69. The number of aryl methyl sites for hydroxylation is 1. The molecule has 0 atom stereocenters. The predicted octanol–water partition coefficient (Wildman–Crippen LogP) is 3.26. The Balaban J connectivity index is 1.74. The van der Waals surface area contributed by atoms with E-state index in [1.807, 2.05) is 54.0 Å². The summed E-state index contributed by atoms with van der Waals surface area (Å²) in [6.07, 6.45) is 4.04. The minimum atomic E-state index is 0.702. The molecule has 0 unspecified atom stereocenters. The summed E-state index contributed by atoms with van der Waals surface area (Å²) in [6.45, 7) is 2.74. The number of pyridine rings is 1. The summed E-state index contributed by atoms with van der Waals surface area (Å²) in [4.78, 5) is 4.56. The van der Waals surface area contributed by atoms with Crippen molar-refractivity contribution in [1.29, 1.82) is 0 Å². The normalized spacial score (nSPS) is 10.7. The second kappa shape index (κ2) is 5.25. The molecule has 0 aliphatic heterocycles. The number of ether oxygens (including phenoxy) is 1. The highest BCUT2D eigenvalue weighted by molar-refractivity contribution is 5.51. The third kappa shape index (κ3) is 2.45. The highest BCUT2D eigenvalue weighted by atomic mass is 16.5. The van der Waals surface area contributed by atoms with Crippen molar-refractivity contribution in [3.63, 3.8) is 0 Å². The van der Waals surface area contributed by atoms with Crippen molar-refractivity contribution in [2.75, 3.05) is 12.4 Å². The van der Waals surface area contributed by atoms with Gasteiger partial charge in [-0.3, -0.25) is 0 Å². The minimum Gasteiger partial charge on any atom is -0.496 e.